The van der Waals surface area contributed by atoms with Crippen molar-refractivity contribution in [1.29, 1.82) is 0 Å². The van der Waals surface area contributed by atoms with Crippen LogP contribution in [0.3, 0.4) is 0 Å². The number of ketones is 1. The van der Waals surface area contributed by atoms with Gasteiger partial charge in [-0.1, -0.05) is 42.5 Å². The Labute approximate surface area is 257 Å². The molecular weight excluding hydrogens is 568 g/mol. The summed E-state index contributed by atoms with van der Waals surface area (Å²) in [5.41, 5.74) is 0.590. The minimum Gasteiger partial charge on any atom is -0.497 e. The first kappa shape index (κ1) is 33.1. The number of morpholine rings is 1. The zero-order valence-electron chi connectivity index (χ0n) is 25.4. The number of rotatable bonds is 15. The van der Waals surface area contributed by atoms with Crippen molar-refractivity contribution in [3.05, 3.63) is 65.7 Å². The van der Waals surface area contributed by atoms with E-state index in [2.05, 4.69) is 16.0 Å². The summed E-state index contributed by atoms with van der Waals surface area (Å²) < 4.78 is 15.9. The van der Waals surface area contributed by atoms with Crippen molar-refractivity contribution in [2.45, 2.75) is 56.5 Å². The summed E-state index contributed by atoms with van der Waals surface area (Å²) in [7, 11) is 1.54. The number of ether oxygens (including phenoxy) is 3. The predicted molar refractivity (Wildman–Crippen MR) is 161 cm³/mol. The van der Waals surface area contributed by atoms with Crippen LogP contribution in [0.2, 0.25) is 0 Å². The van der Waals surface area contributed by atoms with Crippen LogP contribution in [0.15, 0.2) is 54.6 Å². The van der Waals surface area contributed by atoms with Crippen LogP contribution >= 0.6 is 0 Å². The third-order valence-electron chi connectivity index (χ3n) is 7.80. The molecule has 12 nitrogen and oxygen atoms in total. The number of methoxy groups -OCH3 is 1. The topological polar surface area (TPSA) is 159 Å². The van der Waals surface area contributed by atoms with Gasteiger partial charge in [0.2, 0.25) is 17.7 Å². The van der Waals surface area contributed by atoms with Crippen LogP contribution in [-0.4, -0.2) is 110 Å². The lowest BCUT2D eigenvalue weighted by Crippen LogP contribution is -2.60. The van der Waals surface area contributed by atoms with Crippen molar-refractivity contribution in [2.24, 2.45) is 0 Å². The van der Waals surface area contributed by atoms with Gasteiger partial charge in [-0.2, -0.15) is 0 Å². The van der Waals surface area contributed by atoms with Crippen LogP contribution in [0.4, 0.5) is 0 Å². The molecule has 0 aliphatic carbocycles. The molecule has 2 saturated heterocycles. The normalized spacial score (nSPS) is 20.8. The highest BCUT2D eigenvalue weighted by molar-refractivity contribution is 5.98. The van der Waals surface area contributed by atoms with E-state index in [1.165, 1.54) is 6.92 Å². The molecule has 5 atom stereocenters. The highest BCUT2D eigenvalue weighted by Crippen LogP contribution is 2.29. The van der Waals surface area contributed by atoms with Gasteiger partial charge >= 0.3 is 0 Å². The number of Topliss-reactive ketones (excluding diaryl/α,β-unsaturated/α-hetero) is 1. The van der Waals surface area contributed by atoms with Gasteiger partial charge in [0.15, 0.2) is 5.78 Å². The second-order valence-corrected chi connectivity index (χ2v) is 11.4. The summed E-state index contributed by atoms with van der Waals surface area (Å²) in [4.78, 5) is 55.4. The number of aliphatic hydroxyl groups excluding tert-OH is 1. The van der Waals surface area contributed by atoms with Gasteiger partial charge in [0.05, 0.1) is 45.6 Å². The fourth-order valence-corrected chi connectivity index (χ4v) is 5.01. The Bertz CT molecular complexity index is 1280. The first-order valence-electron chi connectivity index (χ1n) is 14.8. The average Bonchev–Trinajstić information content (AvgIpc) is 3.78. The number of nitrogens with zero attached hydrogens (tertiary/aromatic N) is 1. The molecule has 2 fully saturated rings. The number of epoxide rings is 1. The smallest absolute Gasteiger partial charge is 0.245 e. The van der Waals surface area contributed by atoms with Gasteiger partial charge in [-0.05, 0) is 43.5 Å². The van der Waals surface area contributed by atoms with E-state index in [9.17, 15) is 24.3 Å². The van der Waals surface area contributed by atoms with E-state index in [-0.39, 0.29) is 31.8 Å². The summed E-state index contributed by atoms with van der Waals surface area (Å²) in [6.07, 6.45) is -0.926. The Morgan fingerprint density at radius 2 is 1.50 bits per heavy atom. The molecule has 4 N–H and O–H groups in total. The highest BCUT2D eigenvalue weighted by Gasteiger charge is 2.50. The van der Waals surface area contributed by atoms with Crippen molar-refractivity contribution < 1.29 is 38.5 Å². The van der Waals surface area contributed by atoms with Crippen LogP contribution in [0, 0.1) is 0 Å². The lowest BCUT2D eigenvalue weighted by Gasteiger charge is -2.29. The number of amides is 3. The van der Waals surface area contributed by atoms with Crippen LogP contribution in [0.5, 0.6) is 5.75 Å². The Kier molecular flexibility index (Phi) is 11.5. The van der Waals surface area contributed by atoms with Gasteiger partial charge in [0.1, 0.15) is 23.4 Å². The van der Waals surface area contributed by atoms with Crippen LogP contribution in [-0.2, 0) is 41.5 Å². The first-order chi connectivity index (χ1) is 21.1. The monoisotopic (exact) mass is 610 g/mol. The van der Waals surface area contributed by atoms with E-state index >= 15 is 0 Å². The molecule has 0 saturated carbocycles. The van der Waals surface area contributed by atoms with Crippen molar-refractivity contribution >= 4 is 23.5 Å². The minimum atomic E-state index is -1.31. The third-order valence-corrected chi connectivity index (χ3v) is 7.80. The van der Waals surface area contributed by atoms with Gasteiger partial charge in [-0.3, -0.25) is 24.1 Å². The maximum Gasteiger partial charge on any atom is 0.245 e. The van der Waals surface area contributed by atoms with E-state index < -0.39 is 47.6 Å². The van der Waals surface area contributed by atoms with Gasteiger partial charge in [-0.25, -0.2) is 0 Å². The molecule has 4 rings (SSSR count). The molecule has 2 aromatic carbocycles. The van der Waals surface area contributed by atoms with Gasteiger partial charge < -0.3 is 35.3 Å². The number of carbonyl (C=O) groups excluding carboxylic acids is 4. The largest absolute Gasteiger partial charge is 0.497 e. The quantitative estimate of drug-likeness (QED) is 0.204. The van der Waals surface area contributed by atoms with Crippen molar-refractivity contribution in [3.63, 3.8) is 0 Å². The fraction of sp³-hybridized carbons (Fsp3) is 0.500. The summed E-state index contributed by atoms with van der Waals surface area (Å²) >= 11 is 0. The Morgan fingerprint density at radius 1 is 0.909 bits per heavy atom. The first-order valence-corrected chi connectivity index (χ1v) is 14.8. The maximum atomic E-state index is 13.8. The van der Waals surface area contributed by atoms with Gasteiger partial charge in [0, 0.05) is 19.5 Å². The molecule has 0 radical (unpaired) electrons. The van der Waals surface area contributed by atoms with E-state index in [4.69, 9.17) is 14.2 Å². The third kappa shape index (κ3) is 9.33. The van der Waals surface area contributed by atoms with E-state index in [1.54, 1.807) is 38.3 Å². The zero-order valence-corrected chi connectivity index (χ0v) is 25.4. The average molecular weight is 611 g/mol. The van der Waals surface area contributed by atoms with E-state index in [0.29, 0.717) is 32.1 Å². The molecule has 0 spiro atoms. The minimum absolute atomic E-state index is 0.0414. The summed E-state index contributed by atoms with van der Waals surface area (Å²) in [5, 5.41) is 18.6. The number of aliphatic hydroxyl groups is 1. The Morgan fingerprint density at radius 3 is 2.09 bits per heavy atom. The number of nitrogens with one attached hydrogen (secondary N) is 3. The Balaban J connectivity index is 1.51. The summed E-state index contributed by atoms with van der Waals surface area (Å²) in [6, 6.07) is 13.0. The zero-order chi connectivity index (χ0) is 31.7. The second-order valence-electron chi connectivity index (χ2n) is 11.4. The number of benzene rings is 2. The van der Waals surface area contributed by atoms with Crippen molar-refractivity contribution in [3.8, 4) is 5.75 Å². The molecule has 2 heterocycles. The molecule has 2 aliphatic rings. The summed E-state index contributed by atoms with van der Waals surface area (Å²) in [6.45, 7) is 5.56. The standard InChI is InChI=1S/C32H42N4O8/c1-21(37)28(35-27(38)19-36-13-15-43-16-14-36)31(41)34-26(18-23-9-11-24(42-3)12-10-23)30(40)33-25(29(39)32(2)20-44-32)17-22-7-5-4-6-8-22/h4-12,21,25-26,28,37H,13-20H2,1-3H3,(H,33,40)(H,34,41)(H,35,38). The van der Waals surface area contributed by atoms with Gasteiger partial charge in [-0.15, -0.1) is 0 Å². The van der Waals surface area contributed by atoms with Gasteiger partial charge in [0.25, 0.3) is 0 Å². The SMILES string of the molecule is COc1ccc(CC(NC(=O)C(NC(=O)CN2CCOCC2)C(C)O)C(=O)NC(Cc2ccccc2)C(=O)C2(C)CO2)cc1. The molecule has 2 aromatic rings. The van der Waals surface area contributed by atoms with Crippen molar-refractivity contribution in [2.75, 3.05) is 46.6 Å². The lowest BCUT2D eigenvalue weighted by atomic mass is 9.94. The van der Waals surface area contributed by atoms with E-state index in [1.807, 2.05) is 35.2 Å². The second kappa shape index (κ2) is 15.2. The molecule has 12 heteroatoms. The molecular formula is C32H42N4O8. The van der Waals surface area contributed by atoms with E-state index in [0.717, 1.165) is 11.1 Å². The molecule has 0 aromatic heterocycles. The number of hydrogen-bond donors (Lipinski definition) is 4. The highest BCUT2D eigenvalue weighted by atomic mass is 16.6. The molecule has 0 bridgehead atoms. The molecule has 3 amide bonds. The summed E-state index contributed by atoms with van der Waals surface area (Å²) in [5.74, 6) is -1.39. The molecule has 2 aliphatic heterocycles. The maximum absolute atomic E-state index is 13.8. The molecule has 238 valence electrons. The van der Waals surface area contributed by atoms with Crippen molar-refractivity contribution in [1.82, 2.24) is 20.9 Å². The lowest BCUT2D eigenvalue weighted by molar-refractivity contribution is -0.136. The predicted octanol–water partition coefficient (Wildman–Crippen LogP) is 0.00580. The van der Waals surface area contributed by atoms with Crippen LogP contribution < -0.4 is 20.7 Å². The number of carbonyl (C=O) groups is 4. The Hall–Kier alpha value is -3.84. The molecule has 5 unspecified atom stereocenters. The number of hydrogen-bond acceptors (Lipinski definition) is 9. The van der Waals surface area contributed by atoms with Crippen LogP contribution in [0.25, 0.3) is 0 Å². The van der Waals surface area contributed by atoms with Crippen LogP contribution in [0.1, 0.15) is 25.0 Å². The fourth-order valence-electron chi connectivity index (χ4n) is 5.01. The molecule has 44 heavy (non-hydrogen) atoms.